The standard InChI is InChI=1S/C11H16BNO3S/c1-8(7-17)11(14)13-10(12(15)16)9-5-3-2-4-6-9/h2-6,8,10,15-17H,7H2,1H3,(H,13,14)/t8-,10+/m1/s1. The molecule has 0 bridgehead atoms. The molecule has 0 aliphatic rings. The number of nitrogens with one attached hydrogen (secondary N) is 1. The first-order valence-electron chi connectivity index (χ1n) is 5.38. The van der Waals surface area contributed by atoms with Crippen LogP contribution in [0.5, 0.6) is 0 Å². The summed E-state index contributed by atoms with van der Waals surface area (Å²) in [5.41, 5.74) is 0.655. The van der Waals surface area contributed by atoms with Crippen LogP contribution >= 0.6 is 12.6 Å². The molecule has 4 nitrogen and oxygen atoms in total. The largest absolute Gasteiger partial charge is 0.480 e. The van der Waals surface area contributed by atoms with Gasteiger partial charge in [0.25, 0.3) is 0 Å². The summed E-state index contributed by atoms with van der Waals surface area (Å²) < 4.78 is 0. The first-order chi connectivity index (χ1) is 8.06. The zero-order chi connectivity index (χ0) is 12.8. The average Bonchev–Trinajstić information content (AvgIpc) is 2.35. The lowest BCUT2D eigenvalue weighted by Gasteiger charge is -2.20. The van der Waals surface area contributed by atoms with E-state index in [4.69, 9.17) is 0 Å². The highest BCUT2D eigenvalue weighted by Gasteiger charge is 2.28. The fourth-order valence-corrected chi connectivity index (χ4v) is 1.53. The molecule has 1 aromatic rings. The van der Waals surface area contributed by atoms with E-state index in [2.05, 4.69) is 17.9 Å². The van der Waals surface area contributed by atoms with Crippen LogP contribution in [0.2, 0.25) is 0 Å². The molecule has 2 atom stereocenters. The summed E-state index contributed by atoms with van der Waals surface area (Å²) in [6.07, 6.45) is 0. The zero-order valence-electron chi connectivity index (χ0n) is 9.58. The van der Waals surface area contributed by atoms with Crippen LogP contribution in [-0.2, 0) is 4.79 Å². The third-order valence-corrected chi connectivity index (χ3v) is 3.02. The number of carbonyl (C=O) groups is 1. The lowest BCUT2D eigenvalue weighted by molar-refractivity contribution is -0.124. The van der Waals surface area contributed by atoms with Crippen LogP contribution in [0.3, 0.4) is 0 Å². The van der Waals surface area contributed by atoms with Gasteiger partial charge in [-0.3, -0.25) is 4.79 Å². The van der Waals surface area contributed by atoms with Gasteiger partial charge in [-0.25, -0.2) is 0 Å². The van der Waals surface area contributed by atoms with E-state index in [1.807, 2.05) is 6.07 Å². The van der Waals surface area contributed by atoms with Gasteiger partial charge in [0, 0.05) is 11.7 Å². The van der Waals surface area contributed by atoms with Crippen molar-refractivity contribution < 1.29 is 14.8 Å². The van der Waals surface area contributed by atoms with Gasteiger partial charge in [-0.2, -0.15) is 12.6 Å². The van der Waals surface area contributed by atoms with Crippen molar-refractivity contribution in [2.24, 2.45) is 5.92 Å². The van der Waals surface area contributed by atoms with Crippen LogP contribution in [-0.4, -0.2) is 28.8 Å². The molecule has 0 unspecified atom stereocenters. The van der Waals surface area contributed by atoms with Crippen molar-refractivity contribution in [2.45, 2.75) is 12.9 Å². The molecule has 17 heavy (non-hydrogen) atoms. The molecule has 1 aromatic carbocycles. The molecular weight excluding hydrogens is 237 g/mol. The number of rotatable bonds is 5. The Kier molecular flexibility index (Phi) is 5.54. The van der Waals surface area contributed by atoms with E-state index in [1.165, 1.54) is 0 Å². The lowest BCUT2D eigenvalue weighted by Crippen LogP contribution is -2.41. The first-order valence-corrected chi connectivity index (χ1v) is 6.01. The summed E-state index contributed by atoms with van der Waals surface area (Å²) in [5, 5.41) is 21.2. The third kappa shape index (κ3) is 4.07. The van der Waals surface area contributed by atoms with Crippen molar-refractivity contribution in [3.8, 4) is 0 Å². The van der Waals surface area contributed by atoms with Gasteiger partial charge in [0.05, 0.1) is 5.94 Å². The summed E-state index contributed by atoms with van der Waals surface area (Å²) in [6.45, 7) is 1.73. The van der Waals surface area contributed by atoms with E-state index in [0.29, 0.717) is 11.3 Å². The average molecular weight is 253 g/mol. The van der Waals surface area contributed by atoms with Crippen molar-refractivity contribution in [1.29, 1.82) is 0 Å². The number of amides is 1. The van der Waals surface area contributed by atoms with Crippen molar-refractivity contribution in [3.63, 3.8) is 0 Å². The Bertz CT molecular complexity index is 361. The van der Waals surface area contributed by atoms with E-state index in [0.717, 1.165) is 0 Å². The van der Waals surface area contributed by atoms with Crippen LogP contribution in [0.4, 0.5) is 0 Å². The topological polar surface area (TPSA) is 69.6 Å². The van der Waals surface area contributed by atoms with E-state index < -0.39 is 13.1 Å². The van der Waals surface area contributed by atoms with Gasteiger partial charge < -0.3 is 15.4 Å². The number of carbonyl (C=O) groups excluding carboxylic acids is 1. The van der Waals surface area contributed by atoms with E-state index in [9.17, 15) is 14.8 Å². The Morgan fingerprint density at radius 3 is 2.47 bits per heavy atom. The number of thiol groups is 1. The van der Waals surface area contributed by atoms with E-state index in [-0.39, 0.29) is 11.8 Å². The van der Waals surface area contributed by atoms with Crippen LogP contribution in [0, 0.1) is 5.92 Å². The lowest BCUT2D eigenvalue weighted by atomic mass is 9.75. The Labute approximate surface area is 107 Å². The minimum atomic E-state index is -1.63. The molecule has 1 rings (SSSR count). The highest BCUT2D eigenvalue weighted by molar-refractivity contribution is 7.80. The number of hydrogen-bond donors (Lipinski definition) is 4. The van der Waals surface area contributed by atoms with Crippen molar-refractivity contribution in [2.75, 3.05) is 5.75 Å². The summed E-state index contributed by atoms with van der Waals surface area (Å²) in [7, 11) is -1.63. The smallest absolute Gasteiger partial charge is 0.426 e. The quantitative estimate of drug-likeness (QED) is 0.454. The van der Waals surface area contributed by atoms with E-state index in [1.54, 1.807) is 31.2 Å². The molecule has 0 aliphatic carbocycles. The Morgan fingerprint density at radius 2 is 2.00 bits per heavy atom. The second-order valence-corrected chi connectivity index (χ2v) is 4.26. The van der Waals surface area contributed by atoms with Crippen LogP contribution in [0.15, 0.2) is 30.3 Å². The molecule has 92 valence electrons. The minimum Gasteiger partial charge on any atom is -0.426 e. The molecule has 0 radical (unpaired) electrons. The van der Waals surface area contributed by atoms with Crippen LogP contribution < -0.4 is 5.32 Å². The summed E-state index contributed by atoms with van der Waals surface area (Å²) in [4.78, 5) is 11.7. The normalized spacial score (nSPS) is 13.9. The third-order valence-electron chi connectivity index (χ3n) is 2.48. The Morgan fingerprint density at radius 1 is 1.41 bits per heavy atom. The molecular formula is C11H16BNO3S. The van der Waals surface area contributed by atoms with Crippen LogP contribution in [0.25, 0.3) is 0 Å². The van der Waals surface area contributed by atoms with Crippen molar-refractivity contribution in [3.05, 3.63) is 35.9 Å². The summed E-state index contributed by atoms with van der Waals surface area (Å²) in [6, 6.07) is 8.84. The fourth-order valence-electron chi connectivity index (χ4n) is 1.37. The maximum Gasteiger partial charge on any atom is 0.480 e. The van der Waals surface area contributed by atoms with Gasteiger partial charge >= 0.3 is 7.12 Å². The van der Waals surface area contributed by atoms with Crippen molar-refractivity contribution in [1.82, 2.24) is 5.32 Å². The Hall–Kier alpha value is -0.975. The second-order valence-electron chi connectivity index (χ2n) is 3.89. The molecule has 0 heterocycles. The predicted molar refractivity (Wildman–Crippen MR) is 70.5 cm³/mol. The molecule has 0 aliphatic heterocycles. The van der Waals surface area contributed by atoms with Gasteiger partial charge in [-0.05, 0) is 5.56 Å². The minimum absolute atomic E-state index is 0.248. The highest BCUT2D eigenvalue weighted by Crippen LogP contribution is 2.14. The number of benzene rings is 1. The maximum absolute atomic E-state index is 11.7. The number of hydrogen-bond acceptors (Lipinski definition) is 4. The Balaban J connectivity index is 2.78. The molecule has 1 amide bonds. The van der Waals surface area contributed by atoms with Gasteiger partial charge in [0.2, 0.25) is 5.91 Å². The van der Waals surface area contributed by atoms with E-state index >= 15 is 0 Å². The molecule has 0 saturated carbocycles. The second kappa shape index (κ2) is 6.69. The van der Waals surface area contributed by atoms with Gasteiger partial charge in [-0.15, -0.1) is 0 Å². The van der Waals surface area contributed by atoms with Gasteiger partial charge in [-0.1, -0.05) is 37.3 Å². The molecule has 0 aromatic heterocycles. The maximum atomic E-state index is 11.7. The summed E-state index contributed by atoms with van der Waals surface area (Å²) in [5.74, 6) is -0.925. The summed E-state index contributed by atoms with van der Waals surface area (Å²) >= 11 is 4.03. The highest BCUT2D eigenvalue weighted by atomic mass is 32.1. The van der Waals surface area contributed by atoms with Crippen molar-refractivity contribution >= 4 is 25.7 Å². The molecule has 3 N–H and O–H groups in total. The molecule has 0 saturated heterocycles. The van der Waals surface area contributed by atoms with Crippen LogP contribution in [0.1, 0.15) is 18.4 Å². The predicted octanol–water partition coefficient (Wildman–Crippen LogP) is 0.422. The zero-order valence-corrected chi connectivity index (χ0v) is 10.5. The monoisotopic (exact) mass is 253 g/mol. The fraction of sp³-hybridized carbons (Fsp3) is 0.364. The van der Waals surface area contributed by atoms with Gasteiger partial charge in [0.15, 0.2) is 0 Å². The first kappa shape index (κ1) is 14.1. The molecule has 0 spiro atoms. The molecule has 0 fully saturated rings. The van der Waals surface area contributed by atoms with Gasteiger partial charge in [0.1, 0.15) is 0 Å². The SMILES string of the molecule is C[C@H](CS)C(=O)N[C@H](B(O)O)c1ccccc1. The molecule has 6 heteroatoms.